The second-order valence-electron chi connectivity index (χ2n) is 4.77. The predicted octanol–water partition coefficient (Wildman–Crippen LogP) is -0.845. The van der Waals surface area contributed by atoms with Crippen LogP contribution >= 0.6 is 23.5 Å². The van der Waals surface area contributed by atoms with E-state index in [1.165, 1.54) is 7.11 Å². The molecule has 1 saturated heterocycles. The third-order valence-corrected chi connectivity index (χ3v) is 5.59. The molecule has 0 radical (unpaired) electrons. The Morgan fingerprint density at radius 3 is 2.92 bits per heavy atom. The third kappa shape index (κ3) is 2.88. The highest BCUT2D eigenvalue weighted by Crippen LogP contribution is 2.46. The monoisotopic (exact) mass is 371 g/mol. The van der Waals surface area contributed by atoms with Crippen molar-refractivity contribution >= 4 is 47.6 Å². The van der Waals surface area contributed by atoms with E-state index in [4.69, 9.17) is 10.00 Å². The minimum absolute atomic E-state index is 0.00212. The Balaban J connectivity index is 2.22. The van der Waals surface area contributed by atoms with Gasteiger partial charge in [0.25, 0.3) is 11.6 Å². The van der Waals surface area contributed by atoms with E-state index >= 15 is 0 Å². The van der Waals surface area contributed by atoms with Gasteiger partial charge in [-0.3, -0.25) is 19.3 Å². The van der Waals surface area contributed by atoms with Crippen molar-refractivity contribution in [2.75, 3.05) is 24.4 Å². The summed E-state index contributed by atoms with van der Waals surface area (Å²) >= 11 is 2.20. The molecule has 2 N–H and O–H groups in total. The van der Waals surface area contributed by atoms with Crippen LogP contribution < -0.4 is 5.32 Å². The molecule has 0 bridgehead atoms. The standard InChI is InChI=1S/C13H13N3O6S2/c1-22-13(15-8(18)6-23-3-2-14)11(21)16-9(10(19)20)7(4-17)5-24-12(13)16/h4,12H,3,5-6H2,1H3,(H,15,18)(H,19,20)/t12-,13+/m1/s1. The van der Waals surface area contributed by atoms with Crippen LogP contribution in [0.2, 0.25) is 0 Å². The number of carbonyl (C=O) groups is 4. The molecule has 24 heavy (non-hydrogen) atoms. The minimum atomic E-state index is -1.68. The van der Waals surface area contributed by atoms with Crippen LogP contribution in [0.5, 0.6) is 0 Å². The van der Waals surface area contributed by atoms with E-state index in [0.717, 1.165) is 28.4 Å². The maximum atomic E-state index is 12.5. The largest absolute Gasteiger partial charge is 0.477 e. The van der Waals surface area contributed by atoms with E-state index in [-0.39, 0.29) is 28.5 Å². The molecule has 11 heteroatoms. The zero-order valence-corrected chi connectivity index (χ0v) is 14.1. The van der Waals surface area contributed by atoms with Gasteiger partial charge in [-0.1, -0.05) is 0 Å². The number of rotatable bonds is 7. The number of β-lactam (4-membered cyclic amide) rings is 1. The zero-order valence-electron chi connectivity index (χ0n) is 12.5. The number of carboxylic acid groups (broad SMARTS) is 1. The molecule has 2 aliphatic rings. The number of aliphatic carboxylic acids is 1. The van der Waals surface area contributed by atoms with Crippen molar-refractivity contribution in [3.05, 3.63) is 11.3 Å². The summed E-state index contributed by atoms with van der Waals surface area (Å²) in [6.07, 6.45) is 0.407. The number of hydrogen-bond acceptors (Lipinski definition) is 8. The van der Waals surface area contributed by atoms with Gasteiger partial charge in [-0.15, -0.1) is 23.5 Å². The van der Waals surface area contributed by atoms with Gasteiger partial charge in [0.15, 0.2) is 0 Å². The number of aldehydes is 1. The Hall–Kier alpha value is -2.03. The normalized spacial score (nSPS) is 25.4. The molecular formula is C13H13N3O6S2. The van der Waals surface area contributed by atoms with Gasteiger partial charge < -0.3 is 15.2 Å². The number of methoxy groups -OCH3 is 1. The molecule has 0 spiro atoms. The summed E-state index contributed by atoms with van der Waals surface area (Å²) in [6.45, 7) is 0. The van der Waals surface area contributed by atoms with Crippen LogP contribution in [-0.2, 0) is 23.9 Å². The van der Waals surface area contributed by atoms with E-state index in [0.29, 0.717) is 6.29 Å². The fourth-order valence-corrected chi connectivity index (χ4v) is 4.26. The summed E-state index contributed by atoms with van der Waals surface area (Å²) in [5, 5.41) is 19.4. The lowest BCUT2D eigenvalue weighted by molar-refractivity contribution is -0.192. The van der Waals surface area contributed by atoms with Crippen LogP contribution in [0.1, 0.15) is 0 Å². The van der Waals surface area contributed by atoms with Gasteiger partial charge in [-0.2, -0.15) is 5.26 Å². The van der Waals surface area contributed by atoms with E-state index in [2.05, 4.69) is 5.32 Å². The lowest BCUT2D eigenvalue weighted by Crippen LogP contribution is -2.80. The molecule has 0 aromatic rings. The second-order valence-corrected chi connectivity index (χ2v) is 6.83. The second kappa shape index (κ2) is 7.25. The number of ether oxygens (including phenoxy) is 1. The molecule has 0 aromatic carbocycles. The molecule has 1 fully saturated rings. The van der Waals surface area contributed by atoms with Crippen molar-refractivity contribution < 1.29 is 29.0 Å². The summed E-state index contributed by atoms with van der Waals surface area (Å²) in [7, 11) is 1.23. The number of thioether (sulfide) groups is 2. The molecule has 2 atom stereocenters. The molecular weight excluding hydrogens is 358 g/mol. The minimum Gasteiger partial charge on any atom is -0.477 e. The van der Waals surface area contributed by atoms with Crippen molar-refractivity contribution in [3.8, 4) is 6.07 Å². The van der Waals surface area contributed by atoms with Crippen LogP contribution in [0.25, 0.3) is 0 Å². The van der Waals surface area contributed by atoms with Crippen LogP contribution in [0.4, 0.5) is 0 Å². The molecule has 2 rings (SSSR count). The number of nitriles is 1. The average Bonchev–Trinajstić information content (AvgIpc) is 2.57. The van der Waals surface area contributed by atoms with Crippen molar-refractivity contribution in [3.63, 3.8) is 0 Å². The first-order valence-electron chi connectivity index (χ1n) is 6.60. The smallest absolute Gasteiger partial charge is 0.353 e. The first-order chi connectivity index (χ1) is 11.4. The van der Waals surface area contributed by atoms with Gasteiger partial charge in [0.05, 0.1) is 17.6 Å². The zero-order chi connectivity index (χ0) is 17.9. The lowest BCUT2D eigenvalue weighted by atomic mass is 9.98. The Morgan fingerprint density at radius 1 is 1.67 bits per heavy atom. The van der Waals surface area contributed by atoms with Crippen molar-refractivity contribution in [1.82, 2.24) is 10.2 Å². The topological polar surface area (TPSA) is 137 Å². The highest BCUT2D eigenvalue weighted by Gasteiger charge is 2.66. The van der Waals surface area contributed by atoms with E-state index in [1.807, 2.05) is 6.07 Å². The number of amides is 2. The van der Waals surface area contributed by atoms with Crippen molar-refractivity contribution in [2.45, 2.75) is 11.1 Å². The van der Waals surface area contributed by atoms with E-state index < -0.39 is 28.9 Å². The summed E-state index contributed by atoms with van der Waals surface area (Å²) in [5.41, 5.74) is -2.07. The highest BCUT2D eigenvalue weighted by atomic mass is 32.2. The number of fused-ring (bicyclic) bond motifs is 1. The fourth-order valence-electron chi connectivity index (χ4n) is 2.43. The molecule has 2 amide bonds. The maximum absolute atomic E-state index is 12.5. The Kier molecular flexibility index (Phi) is 5.53. The van der Waals surface area contributed by atoms with Crippen molar-refractivity contribution in [1.29, 1.82) is 5.26 Å². The highest BCUT2D eigenvalue weighted by molar-refractivity contribution is 8.00. The van der Waals surface area contributed by atoms with E-state index in [9.17, 15) is 24.3 Å². The summed E-state index contributed by atoms with van der Waals surface area (Å²) < 4.78 is 5.21. The van der Waals surface area contributed by atoms with Gasteiger partial charge in [0.2, 0.25) is 5.91 Å². The van der Waals surface area contributed by atoms with Gasteiger partial charge in [0, 0.05) is 18.4 Å². The lowest BCUT2D eigenvalue weighted by Gasteiger charge is -2.55. The Labute approximate surface area is 145 Å². The third-order valence-electron chi connectivity index (χ3n) is 3.45. The predicted molar refractivity (Wildman–Crippen MR) is 84.6 cm³/mol. The summed E-state index contributed by atoms with van der Waals surface area (Å²) in [4.78, 5) is 47.8. The molecule has 2 aliphatic heterocycles. The Morgan fingerprint density at radius 2 is 2.38 bits per heavy atom. The summed E-state index contributed by atoms with van der Waals surface area (Å²) in [5.74, 6) is -2.48. The molecule has 0 aromatic heterocycles. The van der Waals surface area contributed by atoms with Gasteiger partial charge in [0.1, 0.15) is 17.4 Å². The number of nitrogens with one attached hydrogen (secondary N) is 1. The number of carbonyl (C=O) groups excluding carboxylic acids is 3. The van der Waals surface area contributed by atoms with Gasteiger partial charge >= 0.3 is 5.97 Å². The van der Waals surface area contributed by atoms with Crippen LogP contribution in [0.3, 0.4) is 0 Å². The first kappa shape index (κ1) is 18.3. The van der Waals surface area contributed by atoms with Crippen LogP contribution in [0, 0.1) is 11.3 Å². The summed E-state index contributed by atoms with van der Waals surface area (Å²) in [6, 6.07) is 1.88. The van der Waals surface area contributed by atoms with Crippen LogP contribution in [0.15, 0.2) is 11.3 Å². The molecule has 0 saturated carbocycles. The molecule has 0 aliphatic carbocycles. The maximum Gasteiger partial charge on any atom is 0.353 e. The first-order valence-corrected chi connectivity index (χ1v) is 8.81. The average molecular weight is 371 g/mol. The molecule has 128 valence electrons. The number of hydrogen-bond donors (Lipinski definition) is 2. The SMILES string of the molecule is CO[C@@]1(NC(=O)CSCC#N)C(=O)N2C(C(=O)O)=C(C=O)CS[C@@H]21. The van der Waals surface area contributed by atoms with Gasteiger partial charge in [-0.05, 0) is 0 Å². The number of nitrogens with zero attached hydrogens (tertiary/aromatic N) is 2. The molecule has 9 nitrogen and oxygen atoms in total. The van der Waals surface area contributed by atoms with Gasteiger partial charge in [-0.25, -0.2) is 4.79 Å². The molecule has 0 unspecified atom stereocenters. The number of carboxylic acids is 1. The van der Waals surface area contributed by atoms with Crippen LogP contribution in [-0.4, -0.2) is 69.5 Å². The Bertz CT molecular complexity index is 673. The van der Waals surface area contributed by atoms with Crippen molar-refractivity contribution in [2.24, 2.45) is 0 Å². The quantitative estimate of drug-likeness (QED) is 0.254. The molecule has 2 heterocycles. The fraction of sp³-hybridized carbons (Fsp3) is 0.462. The van der Waals surface area contributed by atoms with E-state index in [1.54, 1.807) is 0 Å².